The molecule has 1 aromatic heterocycles. The second kappa shape index (κ2) is 4.04. The van der Waals surface area contributed by atoms with E-state index in [4.69, 9.17) is 10.5 Å². The zero-order chi connectivity index (χ0) is 11.8. The highest BCUT2D eigenvalue weighted by Crippen LogP contribution is 2.29. The van der Waals surface area contributed by atoms with Crippen molar-refractivity contribution in [2.75, 3.05) is 12.3 Å². The largest absolute Gasteiger partial charge is 0.398 e. The SMILES string of the molecule is Cc1c(N)ccc2c1ncn2C1CCCCO1. The Bertz CT molecular complexity index is 541. The lowest BCUT2D eigenvalue weighted by atomic mass is 10.1. The van der Waals surface area contributed by atoms with E-state index in [0.29, 0.717) is 0 Å². The number of nitrogens with zero attached hydrogens (tertiary/aromatic N) is 2. The first-order valence-corrected chi connectivity index (χ1v) is 6.10. The highest BCUT2D eigenvalue weighted by atomic mass is 16.5. The van der Waals surface area contributed by atoms with E-state index in [2.05, 4.69) is 9.55 Å². The van der Waals surface area contributed by atoms with Crippen LogP contribution in [0.4, 0.5) is 5.69 Å². The van der Waals surface area contributed by atoms with Gasteiger partial charge in [-0.2, -0.15) is 0 Å². The number of fused-ring (bicyclic) bond motifs is 1. The number of anilines is 1. The Labute approximate surface area is 100 Å². The van der Waals surface area contributed by atoms with Gasteiger partial charge >= 0.3 is 0 Å². The second-order valence-electron chi connectivity index (χ2n) is 4.62. The van der Waals surface area contributed by atoms with Gasteiger partial charge in [0.15, 0.2) is 0 Å². The van der Waals surface area contributed by atoms with Crippen LogP contribution in [-0.2, 0) is 4.74 Å². The first kappa shape index (κ1) is 10.6. The maximum Gasteiger partial charge on any atom is 0.135 e. The first-order chi connectivity index (χ1) is 8.27. The van der Waals surface area contributed by atoms with Crippen molar-refractivity contribution in [3.63, 3.8) is 0 Å². The average molecular weight is 231 g/mol. The van der Waals surface area contributed by atoms with Crippen molar-refractivity contribution in [2.24, 2.45) is 0 Å². The number of aromatic nitrogens is 2. The van der Waals surface area contributed by atoms with Crippen molar-refractivity contribution in [1.29, 1.82) is 0 Å². The Hall–Kier alpha value is -1.55. The molecule has 17 heavy (non-hydrogen) atoms. The Morgan fingerprint density at radius 3 is 3.06 bits per heavy atom. The highest BCUT2D eigenvalue weighted by Gasteiger charge is 2.18. The smallest absolute Gasteiger partial charge is 0.135 e. The molecule has 0 amide bonds. The Morgan fingerprint density at radius 1 is 1.41 bits per heavy atom. The van der Waals surface area contributed by atoms with E-state index >= 15 is 0 Å². The summed E-state index contributed by atoms with van der Waals surface area (Å²) in [5.74, 6) is 0. The van der Waals surface area contributed by atoms with E-state index in [1.165, 1.54) is 6.42 Å². The molecule has 4 nitrogen and oxygen atoms in total. The van der Waals surface area contributed by atoms with Crippen LogP contribution in [0.5, 0.6) is 0 Å². The van der Waals surface area contributed by atoms with Crippen LogP contribution in [0, 0.1) is 6.92 Å². The van der Waals surface area contributed by atoms with Crippen LogP contribution < -0.4 is 5.73 Å². The van der Waals surface area contributed by atoms with Gasteiger partial charge in [0.1, 0.15) is 6.23 Å². The third-order valence-corrected chi connectivity index (χ3v) is 3.51. The number of aryl methyl sites for hydroxylation is 1. The number of hydrogen-bond donors (Lipinski definition) is 1. The monoisotopic (exact) mass is 231 g/mol. The van der Waals surface area contributed by atoms with Gasteiger partial charge in [-0.3, -0.25) is 0 Å². The zero-order valence-corrected chi connectivity index (χ0v) is 10.0. The predicted octanol–water partition coefficient (Wildman–Crippen LogP) is 2.63. The van der Waals surface area contributed by atoms with E-state index < -0.39 is 0 Å². The number of hydrogen-bond acceptors (Lipinski definition) is 3. The van der Waals surface area contributed by atoms with Gasteiger partial charge in [0.25, 0.3) is 0 Å². The van der Waals surface area contributed by atoms with Gasteiger partial charge in [0.05, 0.1) is 17.4 Å². The fraction of sp³-hybridized carbons (Fsp3) is 0.462. The molecule has 1 aromatic carbocycles. The molecule has 0 radical (unpaired) electrons. The van der Waals surface area contributed by atoms with Crippen LogP contribution >= 0.6 is 0 Å². The van der Waals surface area contributed by atoms with Gasteiger partial charge in [-0.15, -0.1) is 0 Å². The molecular weight excluding hydrogens is 214 g/mol. The predicted molar refractivity (Wildman–Crippen MR) is 67.7 cm³/mol. The molecule has 4 heteroatoms. The molecule has 2 aromatic rings. The minimum Gasteiger partial charge on any atom is -0.398 e. The number of benzene rings is 1. The van der Waals surface area contributed by atoms with Gasteiger partial charge in [-0.25, -0.2) is 4.98 Å². The minimum atomic E-state index is 0.136. The minimum absolute atomic E-state index is 0.136. The molecule has 1 unspecified atom stereocenters. The molecule has 0 aliphatic carbocycles. The number of imidazole rings is 1. The molecule has 0 bridgehead atoms. The second-order valence-corrected chi connectivity index (χ2v) is 4.62. The van der Waals surface area contributed by atoms with Gasteiger partial charge in [0.2, 0.25) is 0 Å². The van der Waals surface area contributed by atoms with E-state index in [-0.39, 0.29) is 6.23 Å². The van der Waals surface area contributed by atoms with Crippen molar-refractivity contribution in [3.05, 3.63) is 24.0 Å². The summed E-state index contributed by atoms with van der Waals surface area (Å²) in [5, 5.41) is 0. The quantitative estimate of drug-likeness (QED) is 0.767. The standard InChI is InChI=1S/C13H17N3O/c1-9-10(14)5-6-11-13(9)15-8-16(11)12-4-2-3-7-17-12/h5-6,8,12H,2-4,7,14H2,1H3. The fourth-order valence-electron chi connectivity index (χ4n) is 2.43. The molecule has 1 atom stereocenters. The van der Waals surface area contributed by atoms with E-state index in [9.17, 15) is 0 Å². The summed E-state index contributed by atoms with van der Waals surface area (Å²) in [4.78, 5) is 4.46. The van der Waals surface area contributed by atoms with Gasteiger partial charge in [-0.05, 0) is 43.9 Å². The Kier molecular flexibility index (Phi) is 2.52. The van der Waals surface area contributed by atoms with Crippen LogP contribution in [0.25, 0.3) is 11.0 Å². The summed E-state index contributed by atoms with van der Waals surface area (Å²) >= 11 is 0. The van der Waals surface area contributed by atoms with Crippen molar-refractivity contribution in [3.8, 4) is 0 Å². The van der Waals surface area contributed by atoms with E-state index in [1.807, 2.05) is 25.4 Å². The summed E-state index contributed by atoms with van der Waals surface area (Å²) in [7, 11) is 0. The first-order valence-electron chi connectivity index (χ1n) is 6.10. The van der Waals surface area contributed by atoms with Crippen LogP contribution in [-0.4, -0.2) is 16.2 Å². The van der Waals surface area contributed by atoms with E-state index in [0.717, 1.165) is 41.7 Å². The lowest BCUT2D eigenvalue weighted by Crippen LogP contribution is -2.17. The molecular formula is C13H17N3O. The third-order valence-electron chi connectivity index (χ3n) is 3.51. The van der Waals surface area contributed by atoms with Crippen LogP contribution in [0.1, 0.15) is 31.1 Å². The summed E-state index contributed by atoms with van der Waals surface area (Å²) in [6, 6.07) is 3.97. The van der Waals surface area contributed by atoms with E-state index in [1.54, 1.807) is 0 Å². The number of nitrogen functional groups attached to an aromatic ring is 1. The molecule has 1 fully saturated rings. The number of nitrogens with two attached hydrogens (primary N) is 1. The molecule has 1 aliphatic rings. The molecule has 90 valence electrons. The molecule has 0 saturated carbocycles. The lowest BCUT2D eigenvalue weighted by Gasteiger charge is -2.24. The van der Waals surface area contributed by atoms with Crippen LogP contribution in [0.3, 0.4) is 0 Å². The topological polar surface area (TPSA) is 53.1 Å². The normalized spacial score (nSPS) is 20.9. The van der Waals surface area contributed by atoms with Crippen molar-refractivity contribution in [2.45, 2.75) is 32.4 Å². The lowest BCUT2D eigenvalue weighted by molar-refractivity contribution is -0.0295. The van der Waals surface area contributed by atoms with Gasteiger partial charge in [-0.1, -0.05) is 0 Å². The molecule has 1 saturated heterocycles. The molecule has 2 heterocycles. The molecule has 0 spiro atoms. The van der Waals surface area contributed by atoms with Crippen molar-refractivity contribution >= 4 is 16.7 Å². The van der Waals surface area contributed by atoms with Crippen LogP contribution in [0.2, 0.25) is 0 Å². The maximum absolute atomic E-state index is 5.89. The average Bonchev–Trinajstić information content (AvgIpc) is 2.79. The van der Waals surface area contributed by atoms with Crippen molar-refractivity contribution in [1.82, 2.24) is 9.55 Å². The molecule has 3 rings (SSSR count). The third kappa shape index (κ3) is 1.69. The molecule has 1 aliphatic heterocycles. The number of rotatable bonds is 1. The summed E-state index contributed by atoms with van der Waals surface area (Å²) < 4.78 is 7.92. The molecule has 2 N–H and O–H groups in total. The van der Waals surface area contributed by atoms with Crippen LogP contribution in [0.15, 0.2) is 18.5 Å². The number of ether oxygens (including phenoxy) is 1. The van der Waals surface area contributed by atoms with Crippen molar-refractivity contribution < 1.29 is 4.74 Å². The highest BCUT2D eigenvalue weighted by molar-refractivity contribution is 5.83. The summed E-state index contributed by atoms with van der Waals surface area (Å²) in [6.07, 6.45) is 5.45. The summed E-state index contributed by atoms with van der Waals surface area (Å²) in [6.45, 7) is 2.86. The summed E-state index contributed by atoms with van der Waals surface area (Å²) in [5.41, 5.74) is 9.84. The van der Waals surface area contributed by atoms with Gasteiger partial charge in [0, 0.05) is 12.3 Å². The fourth-order valence-corrected chi connectivity index (χ4v) is 2.43. The Balaban J connectivity index is 2.08. The zero-order valence-electron chi connectivity index (χ0n) is 10.0. The Morgan fingerprint density at radius 2 is 2.29 bits per heavy atom. The van der Waals surface area contributed by atoms with Gasteiger partial charge < -0.3 is 15.0 Å². The maximum atomic E-state index is 5.89.